The Balaban J connectivity index is 1.70. The van der Waals surface area contributed by atoms with Crippen molar-refractivity contribution in [2.45, 2.75) is 25.0 Å². The third-order valence-electron chi connectivity index (χ3n) is 4.78. The maximum absolute atomic E-state index is 13.0. The van der Waals surface area contributed by atoms with E-state index in [0.717, 1.165) is 5.52 Å². The van der Waals surface area contributed by atoms with Crippen molar-refractivity contribution >= 4 is 34.2 Å². The standard InChI is InChI=1S/C22H22N4O3S/c1-2-29-14-8-13-25-20(28)17-11-6-7-12-18(17)26-21(25)23-24-22(26)30-15-19(27)16-9-4-3-5-10-16/h3-7,9-12H,2,8,13-15H2,1H3. The number of carbonyl (C=O) groups is 1. The highest BCUT2D eigenvalue weighted by Crippen LogP contribution is 2.22. The quantitative estimate of drug-likeness (QED) is 0.234. The van der Waals surface area contributed by atoms with Gasteiger partial charge in [-0.3, -0.25) is 18.6 Å². The second-order valence-electron chi connectivity index (χ2n) is 6.72. The summed E-state index contributed by atoms with van der Waals surface area (Å²) in [7, 11) is 0. The molecule has 0 saturated carbocycles. The molecule has 30 heavy (non-hydrogen) atoms. The van der Waals surface area contributed by atoms with E-state index in [1.165, 1.54) is 11.8 Å². The number of para-hydroxylation sites is 1. The zero-order valence-electron chi connectivity index (χ0n) is 16.7. The number of ketones is 1. The Kier molecular flexibility index (Phi) is 6.25. The molecule has 0 aliphatic heterocycles. The molecular formula is C22H22N4O3S. The van der Waals surface area contributed by atoms with E-state index in [1.54, 1.807) is 22.8 Å². The first-order valence-electron chi connectivity index (χ1n) is 9.86. The largest absolute Gasteiger partial charge is 0.382 e. The number of Topliss-reactive ketones (excluding diaryl/α,β-unsaturated/α-hetero) is 1. The molecule has 4 rings (SSSR count). The maximum Gasteiger partial charge on any atom is 0.262 e. The molecule has 4 aromatic rings. The molecule has 0 atom stereocenters. The van der Waals surface area contributed by atoms with Gasteiger partial charge in [-0.15, -0.1) is 10.2 Å². The van der Waals surface area contributed by atoms with Crippen LogP contribution < -0.4 is 5.56 Å². The summed E-state index contributed by atoms with van der Waals surface area (Å²) in [5.41, 5.74) is 1.30. The van der Waals surface area contributed by atoms with Crippen molar-refractivity contribution in [3.63, 3.8) is 0 Å². The topological polar surface area (TPSA) is 78.5 Å². The fraction of sp³-hybridized carbons (Fsp3) is 0.273. The van der Waals surface area contributed by atoms with Gasteiger partial charge in [0.2, 0.25) is 5.78 Å². The number of rotatable bonds is 9. The van der Waals surface area contributed by atoms with E-state index >= 15 is 0 Å². The number of aryl methyl sites for hydroxylation is 1. The van der Waals surface area contributed by atoms with Crippen LogP contribution in [0.1, 0.15) is 23.7 Å². The zero-order chi connectivity index (χ0) is 20.9. The van der Waals surface area contributed by atoms with Gasteiger partial charge in [0.05, 0.1) is 16.7 Å². The van der Waals surface area contributed by atoms with E-state index in [-0.39, 0.29) is 17.1 Å². The fourth-order valence-corrected chi connectivity index (χ4v) is 4.17. The molecule has 0 fully saturated rings. The molecule has 0 bridgehead atoms. The first-order valence-corrected chi connectivity index (χ1v) is 10.8. The van der Waals surface area contributed by atoms with Crippen LogP contribution in [0.5, 0.6) is 0 Å². The molecule has 0 spiro atoms. The summed E-state index contributed by atoms with van der Waals surface area (Å²) in [5, 5.41) is 9.75. The van der Waals surface area contributed by atoms with Crippen molar-refractivity contribution in [3.05, 3.63) is 70.5 Å². The highest BCUT2D eigenvalue weighted by atomic mass is 32.2. The lowest BCUT2D eigenvalue weighted by Gasteiger charge is -2.11. The van der Waals surface area contributed by atoms with Gasteiger partial charge >= 0.3 is 0 Å². The second kappa shape index (κ2) is 9.23. The third-order valence-corrected chi connectivity index (χ3v) is 5.71. The third kappa shape index (κ3) is 4.01. The molecule has 0 amide bonds. The predicted octanol–water partition coefficient (Wildman–Crippen LogP) is 3.45. The van der Waals surface area contributed by atoms with Crippen LogP contribution in [0.4, 0.5) is 0 Å². The molecule has 0 N–H and O–H groups in total. The van der Waals surface area contributed by atoms with Crippen molar-refractivity contribution in [2.75, 3.05) is 19.0 Å². The number of nitrogens with zero attached hydrogens (tertiary/aromatic N) is 4. The Morgan fingerprint density at radius 2 is 1.83 bits per heavy atom. The SMILES string of the molecule is CCOCCCn1c(=O)c2ccccc2n2c(SCC(=O)c3ccccc3)nnc12. The Morgan fingerprint density at radius 3 is 2.63 bits per heavy atom. The number of hydrogen-bond donors (Lipinski definition) is 0. The van der Waals surface area contributed by atoms with E-state index in [1.807, 2.05) is 47.7 Å². The number of hydrogen-bond acceptors (Lipinski definition) is 6. The average molecular weight is 423 g/mol. The highest BCUT2D eigenvalue weighted by molar-refractivity contribution is 7.99. The number of benzene rings is 2. The van der Waals surface area contributed by atoms with Crippen LogP contribution in [0.3, 0.4) is 0 Å². The van der Waals surface area contributed by atoms with E-state index in [2.05, 4.69) is 10.2 Å². The van der Waals surface area contributed by atoms with Gasteiger partial charge in [0.1, 0.15) is 0 Å². The van der Waals surface area contributed by atoms with Crippen LogP contribution in [0.2, 0.25) is 0 Å². The predicted molar refractivity (Wildman–Crippen MR) is 117 cm³/mol. The van der Waals surface area contributed by atoms with Crippen LogP contribution in [0.25, 0.3) is 16.7 Å². The summed E-state index contributed by atoms with van der Waals surface area (Å²) in [6.45, 7) is 3.64. The van der Waals surface area contributed by atoms with Crippen LogP contribution >= 0.6 is 11.8 Å². The summed E-state index contributed by atoms with van der Waals surface area (Å²) in [5.74, 6) is 0.735. The van der Waals surface area contributed by atoms with Gasteiger partial charge in [-0.2, -0.15) is 0 Å². The number of ether oxygens (including phenoxy) is 1. The minimum absolute atomic E-state index is 0.0201. The molecule has 0 unspecified atom stereocenters. The average Bonchev–Trinajstić information content (AvgIpc) is 3.21. The molecule has 7 nitrogen and oxygen atoms in total. The van der Waals surface area contributed by atoms with Crippen LogP contribution in [0.15, 0.2) is 64.5 Å². The Bertz CT molecular complexity index is 1230. The summed E-state index contributed by atoms with van der Waals surface area (Å²) < 4.78 is 8.90. The normalized spacial score (nSPS) is 11.4. The van der Waals surface area contributed by atoms with Gasteiger partial charge in [-0.1, -0.05) is 54.2 Å². The van der Waals surface area contributed by atoms with Gasteiger partial charge in [-0.05, 0) is 25.5 Å². The molecule has 2 heterocycles. The monoisotopic (exact) mass is 422 g/mol. The smallest absolute Gasteiger partial charge is 0.262 e. The zero-order valence-corrected chi connectivity index (χ0v) is 17.5. The minimum atomic E-state index is -0.0982. The lowest BCUT2D eigenvalue weighted by molar-refractivity contribution is 0.102. The van der Waals surface area contributed by atoms with Crippen molar-refractivity contribution < 1.29 is 9.53 Å². The highest BCUT2D eigenvalue weighted by Gasteiger charge is 2.17. The van der Waals surface area contributed by atoms with Crippen molar-refractivity contribution in [1.29, 1.82) is 0 Å². The molecule has 154 valence electrons. The van der Waals surface area contributed by atoms with E-state index in [9.17, 15) is 9.59 Å². The summed E-state index contributed by atoms with van der Waals surface area (Å²) in [6.07, 6.45) is 0.698. The van der Waals surface area contributed by atoms with Crippen molar-refractivity contribution in [1.82, 2.24) is 19.2 Å². The van der Waals surface area contributed by atoms with Gasteiger partial charge < -0.3 is 4.74 Å². The van der Waals surface area contributed by atoms with Crippen molar-refractivity contribution in [3.8, 4) is 0 Å². The fourth-order valence-electron chi connectivity index (χ4n) is 3.34. The summed E-state index contributed by atoms with van der Waals surface area (Å²) in [4.78, 5) is 25.6. The number of aromatic nitrogens is 4. The lowest BCUT2D eigenvalue weighted by atomic mass is 10.2. The van der Waals surface area contributed by atoms with Gasteiger partial charge in [0.15, 0.2) is 10.9 Å². The van der Waals surface area contributed by atoms with Crippen LogP contribution in [0, 0.1) is 0 Å². The first-order chi connectivity index (χ1) is 14.7. The first kappa shape index (κ1) is 20.3. The molecule has 2 aromatic carbocycles. The van der Waals surface area contributed by atoms with Gasteiger partial charge in [0.25, 0.3) is 5.56 Å². The molecule has 0 aliphatic rings. The summed E-state index contributed by atoms with van der Waals surface area (Å²) in [6, 6.07) is 16.6. The van der Waals surface area contributed by atoms with E-state index in [0.29, 0.717) is 48.1 Å². The number of thioether (sulfide) groups is 1. The number of fused-ring (bicyclic) bond motifs is 3. The molecule has 8 heteroatoms. The van der Waals surface area contributed by atoms with E-state index in [4.69, 9.17) is 4.74 Å². The Hall–Kier alpha value is -2.97. The Labute approximate surface area is 177 Å². The maximum atomic E-state index is 13.0. The van der Waals surface area contributed by atoms with Crippen LogP contribution in [-0.4, -0.2) is 43.9 Å². The summed E-state index contributed by atoms with van der Waals surface area (Å²) >= 11 is 1.32. The van der Waals surface area contributed by atoms with Gasteiger partial charge in [-0.25, -0.2) is 0 Å². The molecule has 2 aromatic heterocycles. The lowest BCUT2D eigenvalue weighted by Crippen LogP contribution is -2.24. The van der Waals surface area contributed by atoms with Crippen LogP contribution in [-0.2, 0) is 11.3 Å². The van der Waals surface area contributed by atoms with Crippen molar-refractivity contribution in [2.24, 2.45) is 0 Å². The molecule has 0 saturated heterocycles. The molecule has 0 radical (unpaired) electrons. The Morgan fingerprint density at radius 1 is 1.07 bits per heavy atom. The molecule has 0 aliphatic carbocycles. The second-order valence-corrected chi connectivity index (χ2v) is 7.66. The van der Waals surface area contributed by atoms with E-state index < -0.39 is 0 Å². The molecular weight excluding hydrogens is 400 g/mol. The number of carbonyl (C=O) groups excluding carboxylic acids is 1. The minimum Gasteiger partial charge on any atom is -0.382 e. The van der Waals surface area contributed by atoms with Gasteiger partial charge in [0, 0.05) is 25.3 Å².